The molecule has 0 aromatic rings. The van der Waals surface area contributed by atoms with Crippen LogP contribution in [0.1, 0.15) is 12.8 Å². The van der Waals surface area contributed by atoms with Crippen LogP contribution in [0.2, 0.25) is 0 Å². The Labute approximate surface area is 60.4 Å². The minimum Gasteiger partial charge on any atom is -0.494 e. The average molecular weight is 135 g/mol. The highest BCUT2D eigenvalue weighted by Crippen LogP contribution is 2.09. The minimum atomic E-state index is 0.541. The smallest absolute Gasteiger partial charge is 0.106 e. The SMILES string of the molecule is N#CCCC1=CC=CCO1. The van der Waals surface area contributed by atoms with Gasteiger partial charge in [0.1, 0.15) is 6.61 Å². The molecule has 0 radical (unpaired) electrons. The Balaban J connectivity index is 2.34. The first-order valence-electron chi connectivity index (χ1n) is 3.29. The summed E-state index contributed by atoms with van der Waals surface area (Å²) in [6.45, 7) is 0.650. The second-order valence-electron chi connectivity index (χ2n) is 2.03. The second kappa shape index (κ2) is 3.73. The molecule has 0 aliphatic carbocycles. The predicted molar refractivity (Wildman–Crippen MR) is 38.0 cm³/mol. The van der Waals surface area contributed by atoms with Gasteiger partial charge in [-0.15, -0.1) is 0 Å². The van der Waals surface area contributed by atoms with Gasteiger partial charge in [-0.1, -0.05) is 6.08 Å². The molecule has 1 heterocycles. The first-order valence-corrected chi connectivity index (χ1v) is 3.29. The molecule has 1 rings (SSSR count). The predicted octanol–water partition coefficient (Wildman–Crippen LogP) is 1.76. The van der Waals surface area contributed by atoms with Gasteiger partial charge in [0.2, 0.25) is 0 Å². The van der Waals surface area contributed by atoms with Gasteiger partial charge in [-0.05, 0) is 12.2 Å². The number of ether oxygens (including phenoxy) is 1. The van der Waals surface area contributed by atoms with E-state index in [1.54, 1.807) is 0 Å². The molecule has 0 aromatic carbocycles. The first kappa shape index (κ1) is 6.88. The molecule has 1 aliphatic rings. The van der Waals surface area contributed by atoms with Crippen molar-refractivity contribution in [3.63, 3.8) is 0 Å². The highest BCUT2D eigenvalue weighted by atomic mass is 16.5. The molecule has 2 heteroatoms. The van der Waals surface area contributed by atoms with Crippen LogP contribution >= 0.6 is 0 Å². The van der Waals surface area contributed by atoms with Crippen molar-refractivity contribution < 1.29 is 4.74 Å². The molecule has 0 saturated carbocycles. The highest BCUT2D eigenvalue weighted by molar-refractivity contribution is 5.12. The summed E-state index contributed by atoms with van der Waals surface area (Å²) >= 11 is 0. The highest BCUT2D eigenvalue weighted by Gasteiger charge is 1.97. The fraction of sp³-hybridized carbons (Fsp3) is 0.375. The Morgan fingerprint density at radius 1 is 1.70 bits per heavy atom. The normalized spacial score (nSPS) is 15.3. The van der Waals surface area contributed by atoms with Gasteiger partial charge in [-0.2, -0.15) is 5.26 Å². The molecular formula is C8H9NO. The zero-order chi connectivity index (χ0) is 7.23. The van der Waals surface area contributed by atoms with Crippen molar-refractivity contribution in [2.24, 2.45) is 0 Å². The average Bonchev–Trinajstić information content (AvgIpc) is 2.03. The fourth-order valence-corrected chi connectivity index (χ4v) is 0.769. The molecule has 0 spiro atoms. The molecule has 0 bridgehead atoms. The summed E-state index contributed by atoms with van der Waals surface area (Å²) in [5.41, 5.74) is 0. The third-order valence-corrected chi connectivity index (χ3v) is 1.27. The van der Waals surface area contributed by atoms with E-state index in [0.717, 1.165) is 12.2 Å². The largest absolute Gasteiger partial charge is 0.494 e. The van der Waals surface area contributed by atoms with Gasteiger partial charge in [0.05, 0.1) is 11.8 Å². The molecule has 0 aromatic heterocycles. The van der Waals surface area contributed by atoms with Gasteiger partial charge >= 0.3 is 0 Å². The van der Waals surface area contributed by atoms with E-state index in [9.17, 15) is 0 Å². The molecular weight excluding hydrogens is 126 g/mol. The van der Waals surface area contributed by atoms with E-state index in [1.807, 2.05) is 18.2 Å². The molecule has 0 N–H and O–H groups in total. The zero-order valence-corrected chi connectivity index (χ0v) is 5.71. The van der Waals surface area contributed by atoms with Crippen molar-refractivity contribution in [3.05, 3.63) is 24.0 Å². The molecule has 0 amide bonds. The van der Waals surface area contributed by atoms with Gasteiger partial charge in [-0.3, -0.25) is 0 Å². The summed E-state index contributed by atoms with van der Waals surface area (Å²) in [6, 6.07) is 2.07. The Bertz CT molecular complexity index is 198. The van der Waals surface area contributed by atoms with Crippen LogP contribution in [0.3, 0.4) is 0 Å². The van der Waals surface area contributed by atoms with Crippen molar-refractivity contribution in [3.8, 4) is 6.07 Å². The van der Waals surface area contributed by atoms with E-state index < -0.39 is 0 Å². The van der Waals surface area contributed by atoms with Crippen LogP contribution in [0.5, 0.6) is 0 Å². The summed E-state index contributed by atoms with van der Waals surface area (Å²) in [6.07, 6.45) is 7.08. The number of nitriles is 1. The minimum absolute atomic E-state index is 0.541. The standard InChI is InChI=1S/C8H9NO/c9-6-3-5-8-4-1-2-7-10-8/h1-2,4H,3,5,7H2. The summed E-state index contributed by atoms with van der Waals surface area (Å²) < 4.78 is 5.20. The van der Waals surface area contributed by atoms with E-state index in [2.05, 4.69) is 6.07 Å². The summed E-state index contributed by atoms with van der Waals surface area (Å²) in [4.78, 5) is 0. The van der Waals surface area contributed by atoms with Crippen LogP contribution in [0.15, 0.2) is 24.0 Å². The molecule has 0 atom stereocenters. The van der Waals surface area contributed by atoms with Crippen molar-refractivity contribution in [2.45, 2.75) is 12.8 Å². The molecule has 1 aliphatic heterocycles. The van der Waals surface area contributed by atoms with Crippen molar-refractivity contribution in [1.29, 1.82) is 5.26 Å². The van der Waals surface area contributed by atoms with Gasteiger partial charge in [0.15, 0.2) is 0 Å². The van der Waals surface area contributed by atoms with Crippen molar-refractivity contribution in [2.75, 3.05) is 6.61 Å². The Morgan fingerprint density at radius 2 is 2.60 bits per heavy atom. The van der Waals surface area contributed by atoms with Crippen LogP contribution in [-0.2, 0) is 4.74 Å². The molecule has 0 unspecified atom stereocenters. The van der Waals surface area contributed by atoms with Crippen molar-refractivity contribution in [1.82, 2.24) is 0 Å². The summed E-state index contributed by atoms with van der Waals surface area (Å²) in [5.74, 6) is 0.920. The fourth-order valence-electron chi connectivity index (χ4n) is 0.769. The van der Waals surface area contributed by atoms with Gasteiger partial charge < -0.3 is 4.74 Å². The lowest BCUT2D eigenvalue weighted by molar-refractivity contribution is 0.232. The molecule has 0 fully saturated rings. The van der Waals surface area contributed by atoms with Crippen LogP contribution in [-0.4, -0.2) is 6.61 Å². The van der Waals surface area contributed by atoms with Crippen LogP contribution in [0.4, 0.5) is 0 Å². The summed E-state index contributed by atoms with van der Waals surface area (Å²) in [5, 5.41) is 8.25. The van der Waals surface area contributed by atoms with Gasteiger partial charge in [0, 0.05) is 12.8 Å². The molecule has 2 nitrogen and oxygen atoms in total. The second-order valence-corrected chi connectivity index (χ2v) is 2.03. The third kappa shape index (κ3) is 1.94. The van der Waals surface area contributed by atoms with E-state index in [4.69, 9.17) is 10.00 Å². The third-order valence-electron chi connectivity index (χ3n) is 1.27. The monoisotopic (exact) mass is 135 g/mol. The number of nitrogens with zero attached hydrogens (tertiary/aromatic N) is 1. The Kier molecular flexibility index (Phi) is 2.57. The lowest BCUT2D eigenvalue weighted by Gasteiger charge is -2.08. The Morgan fingerprint density at radius 3 is 3.20 bits per heavy atom. The van der Waals surface area contributed by atoms with E-state index in [-0.39, 0.29) is 0 Å². The quantitative estimate of drug-likeness (QED) is 0.578. The van der Waals surface area contributed by atoms with Crippen LogP contribution < -0.4 is 0 Å². The first-order chi connectivity index (χ1) is 4.93. The zero-order valence-electron chi connectivity index (χ0n) is 5.71. The summed E-state index contributed by atoms with van der Waals surface area (Å²) in [7, 11) is 0. The van der Waals surface area contributed by atoms with Gasteiger partial charge in [0.25, 0.3) is 0 Å². The van der Waals surface area contributed by atoms with Crippen molar-refractivity contribution >= 4 is 0 Å². The lowest BCUT2D eigenvalue weighted by atomic mass is 10.2. The molecule has 10 heavy (non-hydrogen) atoms. The van der Waals surface area contributed by atoms with E-state index in [1.165, 1.54) is 0 Å². The lowest BCUT2D eigenvalue weighted by Crippen LogP contribution is -1.95. The van der Waals surface area contributed by atoms with Crippen LogP contribution in [0, 0.1) is 11.3 Å². The van der Waals surface area contributed by atoms with E-state index >= 15 is 0 Å². The Hall–Kier alpha value is -1.23. The number of allylic oxidation sites excluding steroid dienone is 3. The molecule has 0 saturated heterocycles. The number of hydrogen-bond acceptors (Lipinski definition) is 2. The maximum absolute atomic E-state index is 8.25. The molecule has 52 valence electrons. The maximum Gasteiger partial charge on any atom is 0.106 e. The van der Waals surface area contributed by atoms with Gasteiger partial charge in [-0.25, -0.2) is 0 Å². The number of rotatable bonds is 2. The van der Waals surface area contributed by atoms with E-state index in [0.29, 0.717) is 13.0 Å². The maximum atomic E-state index is 8.25. The van der Waals surface area contributed by atoms with Crippen LogP contribution in [0.25, 0.3) is 0 Å². The topological polar surface area (TPSA) is 33.0 Å². The number of hydrogen-bond donors (Lipinski definition) is 0.